The van der Waals surface area contributed by atoms with E-state index in [2.05, 4.69) is 63.9 Å². The molecule has 5 heteroatoms. The summed E-state index contributed by atoms with van der Waals surface area (Å²) in [5, 5.41) is 5.68. The molecule has 0 saturated heterocycles. The maximum Gasteiger partial charge on any atom is 0.193 e. The first-order valence-corrected chi connectivity index (χ1v) is 8.71. The molecule has 1 aromatic carbocycles. The number of rotatable bonds is 3. The van der Waals surface area contributed by atoms with E-state index in [0.717, 1.165) is 32.0 Å². The molecule has 1 aromatic heterocycles. The molecule has 0 radical (unpaired) electrons. The van der Waals surface area contributed by atoms with E-state index in [1.165, 1.54) is 16.0 Å². The van der Waals surface area contributed by atoms with Crippen LogP contribution in [-0.4, -0.2) is 31.0 Å². The smallest absolute Gasteiger partial charge is 0.193 e. The summed E-state index contributed by atoms with van der Waals surface area (Å²) in [6, 6.07) is 13.0. The SMILES string of the molecule is CN=C(NCC(C)c1cccs1)N1CCc2ccccc2C1.I. The van der Waals surface area contributed by atoms with E-state index in [1.807, 2.05) is 18.4 Å². The summed E-state index contributed by atoms with van der Waals surface area (Å²) in [7, 11) is 1.87. The summed E-state index contributed by atoms with van der Waals surface area (Å²) in [4.78, 5) is 8.25. The predicted octanol–water partition coefficient (Wildman–Crippen LogP) is 4.10. The number of hydrogen-bond acceptors (Lipinski definition) is 2. The van der Waals surface area contributed by atoms with Gasteiger partial charge in [-0.1, -0.05) is 37.3 Å². The molecule has 3 nitrogen and oxygen atoms in total. The summed E-state index contributed by atoms with van der Waals surface area (Å²) in [6.45, 7) is 5.16. The molecule has 0 amide bonds. The Balaban J connectivity index is 0.00000192. The lowest BCUT2D eigenvalue weighted by Crippen LogP contribution is -2.44. The fraction of sp³-hybridized carbons (Fsp3) is 0.389. The summed E-state index contributed by atoms with van der Waals surface area (Å²) in [5.74, 6) is 1.52. The summed E-state index contributed by atoms with van der Waals surface area (Å²) >= 11 is 1.82. The van der Waals surface area contributed by atoms with Crippen LogP contribution in [0, 0.1) is 0 Å². The van der Waals surface area contributed by atoms with Gasteiger partial charge in [0.15, 0.2) is 5.96 Å². The van der Waals surface area contributed by atoms with Crippen LogP contribution in [0.2, 0.25) is 0 Å². The van der Waals surface area contributed by atoms with Crippen LogP contribution in [0.5, 0.6) is 0 Å². The van der Waals surface area contributed by atoms with Gasteiger partial charge in [-0.15, -0.1) is 35.3 Å². The van der Waals surface area contributed by atoms with Gasteiger partial charge in [-0.3, -0.25) is 4.99 Å². The minimum Gasteiger partial charge on any atom is -0.356 e. The van der Waals surface area contributed by atoms with Crippen LogP contribution < -0.4 is 5.32 Å². The predicted molar refractivity (Wildman–Crippen MR) is 110 cm³/mol. The molecule has 0 saturated carbocycles. The Bertz CT molecular complexity index is 639. The average molecular weight is 441 g/mol. The second-order valence-corrected chi connectivity index (χ2v) is 6.76. The quantitative estimate of drug-likeness (QED) is 0.441. The van der Waals surface area contributed by atoms with Crippen molar-refractivity contribution < 1.29 is 0 Å². The molecule has 1 atom stereocenters. The zero-order valence-corrected chi connectivity index (χ0v) is 16.8. The number of hydrogen-bond donors (Lipinski definition) is 1. The Morgan fingerprint density at radius 3 is 2.74 bits per heavy atom. The molecule has 2 heterocycles. The monoisotopic (exact) mass is 441 g/mol. The minimum absolute atomic E-state index is 0. The van der Waals surface area contributed by atoms with Gasteiger partial charge in [-0.2, -0.15) is 0 Å². The second-order valence-electron chi connectivity index (χ2n) is 5.78. The van der Waals surface area contributed by atoms with Crippen LogP contribution >= 0.6 is 35.3 Å². The van der Waals surface area contributed by atoms with Gasteiger partial charge in [0, 0.05) is 37.5 Å². The molecule has 0 bridgehead atoms. The largest absolute Gasteiger partial charge is 0.356 e. The Hall–Kier alpha value is -1.08. The molecule has 1 aliphatic heterocycles. The first-order valence-electron chi connectivity index (χ1n) is 7.83. The number of thiophene rings is 1. The Morgan fingerprint density at radius 2 is 2.04 bits per heavy atom. The van der Waals surface area contributed by atoms with E-state index in [-0.39, 0.29) is 24.0 Å². The molecule has 1 N–H and O–H groups in total. The lowest BCUT2D eigenvalue weighted by molar-refractivity contribution is 0.378. The van der Waals surface area contributed by atoms with Crippen molar-refractivity contribution in [2.75, 3.05) is 20.1 Å². The number of fused-ring (bicyclic) bond motifs is 1. The van der Waals surface area contributed by atoms with Gasteiger partial charge in [0.1, 0.15) is 0 Å². The van der Waals surface area contributed by atoms with Crippen LogP contribution in [0.25, 0.3) is 0 Å². The third-order valence-corrected chi connectivity index (χ3v) is 5.34. The van der Waals surface area contributed by atoms with E-state index < -0.39 is 0 Å². The molecule has 3 rings (SSSR count). The Kier molecular flexibility index (Phi) is 6.89. The van der Waals surface area contributed by atoms with Crippen LogP contribution in [0.1, 0.15) is 28.8 Å². The maximum absolute atomic E-state index is 4.47. The number of benzene rings is 1. The number of nitrogens with one attached hydrogen (secondary N) is 1. The number of aliphatic imine (C=N–C) groups is 1. The van der Waals surface area contributed by atoms with E-state index in [1.54, 1.807) is 0 Å². The number of halogens is 1. The molecule has 0 fully saturated rings. The third kappa shape index (κ3) is 4.47. The van der Waals surface area contributed by atoms with Crippen molar-refractivity contribution in [2.24, 2.45) is 4.99 Å². The topological polar surface area (TPSA) is 27.6 Å². The van der Waals surface area contributed by atoms with Crippen molar-refractivity contribution in [3.63, 3.8) is 0 Å². The molecule has 124 valence electrons. The van der Waals surface area contributed by atoms with Crippen molar-refractivity contribution >= 4 is 41.3 Å². The molecule has 1 unspecified atom stereocenters. The minimum atomic E-state index is 0. The zero-order chi connectivity index (χ0) is 15.4. The van der Waals surface area contributed by atoms with Crippen LogP contribution in [0.3, 0.4) is 0 Å². The van der Waals surface area contributed by atoms with Gasteiger partial charge in [-0.05, 0) is 29.0 Å². The van der Waals surface area contributed by atoms with Crippen molar-refractivity contribution in [2.45, 2.75) is 25.8 Å². The highest BCUT2D eigenvalue weighted by Gasteiger charge is 2.19. The van der Waals surface area contributed by atoms with Gasteiger partial charge in [0.05, 0.1) is 0 Å². The van der Waals surface area contributed by atoms with E-state index >= 15 is 0 Å². The third-order valence-electron chi connectivity index (χ3n) is 4.24. The first-order chi connectivity index (χ1) is 10.8. The van der Waals surface area contributed by atoms with Crippen molar-refractivity contribution in [3.05, 3.63) is 57.8 Å². The van der Waals surface area contributed by atoms with Gasteiger partial charge >= 0.3 is 0 Å². The fourth-order valence-electron chi connectivity index (χ4n) is 2.93. The van der Waals surface area contributed by atoms with Crippen molar-refractivity contribution in [1.82, 2.24) is 10.2 Å². The van der Waals surface area contributed by atoms with E-state index in [0.29, 0.717) is 5.92 Å². The van der Waals surface area contributed by atoms with Gasteiger partial charge in [0.25, 0.3) is 0 Å². The standard InChI is InChI=1S/C18H23N3S.HI/c1-14(17-8-5-11-22-17)12-20-18(19-2)21-10-9-15-6-3-4-7-16(15)13-21;/h3-8,11,14H,9-10,12-13H2,1-2H3,(H,19,20);1H. The zero-order valence-electron chi connectivity index (χ0n) is 13.7. The van der Waals surface area contributed by atoms with Crippen LogP contribution in [0.15, 0.2) is 46.8 Å². The van der Waals surface area contributed by atoms with Gasteiger partial charge in [0.2, 0.25) is 0 Å². The average Bonchev–Trinajstić information content (AvgIpc) is 3.09. The fourth-order valence-corrected chi connectivity index (χ4v) is 3.71. The Morgan fingerprint density at radius 1 is 1.26 bits per heavy atom. The molecule has 2 aromatic rings. The molecular formula is C18H24IN3S. The van der Waals surface area contributed by atoms with Crippen LogP contribution in [-0.2, 0) is 13.0 Å². The maximum atomic E-state index is 4.47. The first kappa shape index (κ1) is 18.3. The molecule has 23 heavy (non-hydrogen) atoms. The normalized spacial score (nSPS) is 15.6. The molecule has 1 aliphatic rings. The highest BCUT2D eigenvalue weighted by Crippen LogP contribution is 2.21. The molecule has 0 spiro atoms. The van der Waals surface area contributed by atoms with E-state index in [4.69, 9.17) is 0 Å². The van der Waals surface area contributed by atoms with Crippen LogP contribution in [0.4, 0.5) is 0 Å². The van der Waals surface area contributed by atoms with Gasteiger partial charge < -0.3 is 10.2 Å². The lowest BCUT2D eigenvalue weighted by Gasteiger charge is -2.32. The van der Waals surface area contributed by atoms with Crippen molar-refractivity contribution in [1.29, 1.82) is 0 Å². The van der Waals surface area contributed by atoms with Crippen molar-refractivity contribution in [3.8, 4) is 0 Å². The lowest BCUT2D eigenvalue weighted by atomic mass is 10.0. The van der Waals surface area contributed by atoms with Gasteiger partial charge in [-0.25, -0.2) is 0 Å². The second kappa shape index (κ2) is 8.68. The summed E-state index contributed by atoms with van der Waals surface area (Å²) in [6.07, 6.45) is 1.09. The molecular weight excluding hydrogens is 417 g/mol. The summed E-state index contributed by atoms with van der Waals surface area (Å²) in [5.41, 5.74) is 2.89. The van der Waals surface area contributed by atoms with E-state index in [9.17, 15) is 0 Å². The highest BCUT2D eigenvalue weighted by molar-refractivity contribution is 14.0. The summed E-state index contributed by atoms with van der Waals surface area (Å²) < 4.78 is 0. The number of guanidine groups is 1. The highest BCUT2D eigenvalue weighted by atomic mass is 127. The molecule has 0 aliphatic carbocycles. The number of nitrogens with zero attached hydrogens (tertiary/aromatic N) is 2. The Labute approximate surface area is 159 Å².